The monoisotopic (exact) mass is 515 g/mol. The molecular formula is C21H29N3O12. The zero-order valence-electron chi connectivity index (χ0n) is 20.7. The van der Waals surface area contributed by atoms with Crippen molar-refractivity contribution >= 4 is 41.7 Å². The van der Waals surface area contributed by atoms with Crippen LogP contribution in [0.1, 0.15) is 27.7 Å². The summed E-state index contributed by atoms with van der Waals surface area (Å²) < 4.78 is 25.7. The highest BCUT2D eigenvalue weighted by molar-refractivity contribution is 6.28. The largest absolute Gasteiger partial charge is 0.463 e. The molecule has 200 valence electrons. The SMILES string of the molecule is CC(=O)OCC(O[C@H](CNC=C1C(=O)N(C)C(=O)N(C)C1=O)OC(C)=O)[C@H](COC(C)=O)OC(C)=O. The molecule has 1 fully saturated rings. The van der Waals surface area contributed by atoms with Gasteiger partial charge in [0.15, 0.2) is 6.10 Å². The predicted octanol–water partition coefficient (Wildman–Crippen LogP) is -1.16. The van der Waals surface area contributed by atoms with Gasteiger partial charge >= 0.3 is 29.9 Å². The van der Waals surface area contributed by atoms with Crippen molar-refractivity contribution in [3.63, 3.8) is 0 Å². The molecule has 0 aliphatic carbocycles. The van der Waals surface area contributed by atoms with E-state index in [-0.39, 0.29) is 12.1 Å². The number of carbonyl (C=O) groups excluding carboxylic acids is 7. The molecule has 15 nitrogen and oxygen atoms in total. The highest BCUT2D eigenvalue weighted by Crippen LogP contribution is 2.15. The molecule has 3 atom stereocenters. The molecule has 0 aromatic rings. The third-order valence-electron chi connectivity index (χ3n) is 4.43. The van der Waals surface area contributed by atoms with Gasteiger partial charge in [-0.05, 0) is 0 Å². The van der Waals surface area contributed by atoms with Gasteiger partial charge in [-0.2, -0.15) is 0 Å². The van der Waals surface area contributed by atoms with Crippen LogP contribution in [0.4, 0.5) is 4.79 Å². The number of hydrogen-bond acceptors (Lipinski definition) is 13. The summed E-state index contributed by atoms with van der Waals surface area (Å²) in [6, 6.07) is -0.805. The molecule has 1 rings (SSSR count). The molecule has 0 radical (unpaired) electrons. The molecule has 0 spiro atoms. The highest BCUT2D eigenvalue weighted by Gasteiger charge is 2.38. The molecule has 36 heavy (non-hydrogen) atoms. The molecule has 1 unspecified atom stereocenters. The van der Waals surface area contributed by atoms with Crippen molar-refractivity contribution in [2.24, 2.45) is 0 Å². The van der Waals surface area contributed by atoms with Crippen molar-refractivity contribution in [2.75, 3.05) is 33.9 Å². The van der Waals surface area contributed by atoms with Crippen LogP contribution in [-0.4, -0.2) is 104 Å². The molecule has 15 heteroatoms. The second-order valence-electron chi connectivity index (χ2n) is 7.44. The molecule has 0 saturated carbocycles. The maximum atomic E-state index is 12.3. The number of amides is 4. The van der Waals surface area contributed by atoms with Crippen molar-refractivity contribution in [1.29, 1.82) is 0 Å². The van der Waals surface area contributed by atoms with E-state index in [1.807, 2.05) is 0 Å². The van der Waals surface area contributed by atoms with E-state index in [2.05, 4.69) is 5.32 Å². The third-order valence-corrected chi connectivity index (χ3v) is 4.43. The minimum atomic E-state index is -1.42. The molecule has 0 aromatic carbocycles. The molecule has 1 aliphatic heterocycles. The first kappa shape index (κ1) is 30.0. The van der Waals surface area contributed by atoms with Crippen LogP contribution in [0.5, 0.6) is 0 Å². The van der Waals surface area contributed by atoms with Crippen LogP contribution >= 0.6 is 0 Å². The van der Waals surface area contributed by atoms with Crippen LogP contribution in [0, 0.1) is 0 Å². The predicted molar refractivity (Wildman–Crippen MR) is 116 cm³/mol. The number of barbiturate groups is 1. The third kappa shape index (κ3) is 9.32. The Labute approximate surface area is 206 Å². The van der Waals surface area contributed by atoms with Gasteiger partial charge in [-0.1, -0.05) is 0 Å². The summed E-state index contributed by atoms with van der Waals surface area (Å²) in [6.45, 7) is 3.17. The molecule has 1 saturated heterocycles. The zero-order valence-corrected chi connectivity index (χ0v) is 20.7. The van der Waals surface area contributed by atoms with Crippen LogP contribution in [0.25, 0.3) is 0 Å². The number of ether oxygens (including phenoxy) is 5. The summed E-state index contributed by atoms with van der Waals surface area (Å²) in [7, 11) is 2.40. The van der Waals surface area contributed by atoms with Crippen molar-refractivity contribution in [3.05, 3.63) is 11.8 Å². The van der Waals surface area contributed by atoms with Crippen molar-refractivity contribution < 1.29 is 57.2 Å². The van der Waals surface area contributed by atoms with Crippen LogP contribution in [0.15, 0.2) is 11.8 Å². The van der Waals surface area contributed by atoms with Crippen LogP contribution < -0.4 is 5.32 Å². The standard InChI is InChI=1S/C21H29N3O12/c1-11(25)32-9-16(34-13(3)27)17(10-33-12(2)26)36-18(35-14(4)28)8-22-7-15-19(29)23(5)21(31)24(6)20(15)30/h7,16-18,22H,8-10H2,1-6H3/t16-,17?,18+/m0/s1. The lowest BCUT2D eigenvalue weighted by Gasteiger charge is -2.30. The summed E-state index contributed by atoms with van der Waals surface area (Å²) >= 11 is 0. The second kappa shape index (κ2) is 13.8. The lowest BCUT2D eigenvalue weighted by Crippen LogP contribution is -2.53. The van der Waals surface area contributed by atoms with Crippen molar-refractivity contribution in [1.82, 2.24) is 15.1 Å². The van der Waals surface area contributed by atoms with Gasteiger partial charge in [0.25, 0.3) is 11.8 Å². The number of imide groups is 2. The van der Waals surface area contributed by atoms with E-state index in [9.17, 15) is 33.6 Å². The molecule has 0 aromatic heterocycles. The summed E-state index contributed by atoms with van der Waals surface area (Å²) in [5.41, 5.74) is -0.370. The number of carbonyl (C=O) groups is 7. The van der Waals surface area contributed by atoms with Crippen LogP contribution in [0.3, 0.4) is 0 Å². The summed E-state index contributed by atoms with van der Waals surface area (Å²) in [5, 5.41) is 2.61. The maximum absolute atomic E-state index is 12.3. The molecular weight excluding hydrogens is 486 g/mol. The number of hydrogen-bond donors (Lipinski definition) is 1. The van der Waals surface area contributed by atoms with Gasteiger partial charge in [-0.3, -0.25) is 38.6 Å². The Hall–Kier alpha value is -4.01. The summed E-state index contributed by atoms with van der Waals surface area (Å²) in [4.78, 5) is 83.6. The molecule has 0 bridgehead atoms. The number of likely N-dealkylation sites (N-methyl/N-ethyl adjacent to an activating group) is 2. The minimum absolute atomic E-state index is 0.331. The zero-order chi connectivity index (χ0) is 27.6. The van der Waals surface area contributed by atoms with Gasteiger partial charge in [0.05, 0.1) is 6.54 Å². The van der Waals surface area contributed by atoms with Gasteiger partial charge in [0.1, 0.15) is 24.9 Å². The Bertz CT molecular complexity index is 905. The van der Waals surface area contributed by atoms with Crippen LogP contribution in [-0.2, 0) is 52.5 Å². The Kier molecular flexibility index (Phi) is 11.5. The Morgan fingerprint density at radius 2 is 1.25 bits per heavy atom. The van der Waals surface area contributed by atoms with E-state index in [1.54, 1.807) is 0 Å². The minimum Gasteiger partial charge on any atom is -0.463 e. The summed E-state index contributed by atoms with van der Waals surface area (Å²) in [5.74, 6) is -4.62. The van der Waals surface area contributed by atoms with E-state index in [0.29, 0.717) is 0 Å². The first-order valence-corrected chi connectivity index (χ1v) is 10.5. The number of nitrogens with one attached hydrogen (secondary N) is 1. The lowest BCUT2D eigenvalue weighted by molar-refractivity contribution is -0.215. The maximum Gasteiger partial charge on any atom is 0.333 e. The quantitative estimate of drug-likeness (QED) is 0.108. The fraction of sp³-hybridized carbons (Fsp3) is 0.571. The smallest absolute Gasteiger partial charge is 0.333 e. The average Bonchev–Trinajstić information content (AvgIpc) is 2.78. The molecule has 1 N–H and O–H groups in total. The number of nitrogens with zero attached hydrogens (tertiary/aromatic N) is 2. The topological polar surface area (TPSA) is 184 Å². The number of esters is 4. The van der Waals surface area contributed by atoms with Crippen LogP contribution in [0.2, 0.25) is 0 Å². The first-order chi connectivity index (χ1) is 16.7. The van der Waals surface area contributed by atoms with Gasteiger partial charge in [-0.15, -0.1) is 0 Å². The number of rotatable bonds is 12. The van der Waals surface area contributed by atoms with Gasteiger partial charge in [0, 0.05) is 48.0 Å². The van der Waals surface area contributed by atoms with E-state index >= 15 is 0 Å². The van der Waals surface area contributed by atoms with Gasteiger partial charge in [0.2, 0.25) is 6.29 Å². The second-order valence-corrected chi connectivity index (χ2v) is 7.44. The summed E-state index contributed by atoms with van der Waals surface area (Å²) in [6.07, 6.45) is -2.91. The average molecular weight is 515 g/mol. The van der Waals surface area contributed by atoms with E-state index < -0.39 is 73.4 Å². The fourth-order valence-corrected chi connectivity index (χ4v) is 2.79. The number of urea groups is 1. The normalized spacial score (nSPS) is 16.1. The Morgan fingerprint density at radius 1 is 0.778 bits per heavy atom. The Balaban J connectivity index is 3.10. The Morgan fingerprint density at radius 3 is 1.69 bits per heavy atom. The highest BCUT2D eigenvalue weighted by atomic mass is 16.7. The van der Waals surface area contributed by atoms with Crippen molar-refractivity contribution in [3.8, 4) is 0 Å². The molecule has 1 aliphatic rings. The van der Waals surface area contributed by atoms with E-state index in [0.717, 1.165) is 43.7 Å². The lowest BCUT2D eigenvalue weighted by atomic mass is 10.2. The molecule has 4 amide bonds. The van der Waals surface area contributed by atoms with E-state index in [4.69, 9.17) is 23.7 Å². The van der Waals surface area contributed by atoms with Gasteiger partial charge < -0.3 is 29.0 Å². The van der Waals surface area contributed by atoms with Crippen molar-refractivity contribution in [2.45, 2.75) is 46.2 Å². The molecule has 1 heterocycles. The van der Waals surface area contributed by atoms with E-state index in [1.165, 1.54) is 14.1 Å². The fourth-order valence-electron chi connectivity index (χ4n) is 2.79. The first-order valence-electron chi connectivity index (χ1n) is 10.5. The van der Waals surface area contributed by atoms with Gasteiger partial charge in [-0.25, -0.2) is 4.79 Å².